The van der Waals surface area contributed by atoms with Gasteiger partial charge >= 0.3 is 45.5 Å². The van der Waals surface area contributed by atoms with Crippen molar-refractivity contribution in [3.8, 4) is 0 Å². The third-order valence-electron chi connectivity index (χ3n) is 0.462. The van der Waals surface area contributed by atoms with Crippen LogP contribution in [-0.4, -0.2) is 75.2 Å². The van der Waals surface area contributed by atoms with Gasteiger partial charge in [-0.3, -0.25) is 4.55 Å². The molecule has 0 rings (SSSR count). The van der Waals surface area contributed by atoms with E-state index in [9.17, 15) is 8.42 Å². The Morgan fingerprint density at radius 3 is 1.70 bits per heavy atom. The second-order valence-electron chi connectivity index (χ2n) is 1.29. The van der Waals surface area contributed by atoms with Crippen molar-refractivity contribution in [1.29, 1.82) is 0 Å². The molecule has 0 fully saturated rings. The Balaban J connectivity index is -0.0000000180. The van der Waals surface area contributed by atoms with Gasteiger partial charge in [0.2, 0.25) is 0 Å². The van der Waals surface area contributed by atoms with Gasteiger partial charge in [0.25, 0.3) is 10.1 Å². The van der Waals surface area contributed by atoms with Crippen LogP contribution in [0.3, 0.4) is 0 Å². The van der Waals surface area contributed by atoms with E-state index in [0.717, 1.165) is 0 Å². The summed E-state index contributed by atoms with van der Waals surface area (Å²) in [6.07, 6.45) is 0.471. The van der Waals surface area contributed by atoms with E-state index >= 15 is 0 Å². The van der Waals surface area contributed by atoms with E-state index in [1.54, 1.807) is 6.92 Å². The second kappa shape index (κ2) is 10.3. The summed E-state index contributed by atoms with van der Waals surface area (Å²) in [6.45, 7) is 1.69. The van der Waals surface area contributed by atoms with Crippen LogP contribution in [-0.2, 0) is 10.1 Å². The Kier molecular flexibility index (Phi) is 23.2. The monoisotopic (exact) mass is 250 g/mol. The van der Waals surface area contributed by atoms with Gasteiger partial charge in [0, 0.05) is 0 Å². The Morgan fingerprint density at radius 2 is 1.70 bits per heavy atom. The first-order chi connectivity index (χ1) is 3.06. The maximum absolute atomic E-state index is 9.79. The number of hydrogen-bond acceptors (Lipinski definition) is 2. The van der Waals surface area contributed by atoms with E-state index in [0.29, 0.717) is 6.42 Å². The van der Waals surface area contributed by atoms with Crippen molar-refractivity contribution in [3.05, 3.63) is 0 Å². The maximum atomic E-state index is 9.79. The van der Waals surface area contributed by atoms with Gasteiger partial charge < -0.3 is 13.8 Å². The zero-order valence-corrected chi connectivity index (χ0v) is 10.1. The summed E-state index contributed by atoms with van der Waals surface area (Å²) in [7, 11) is -3.67. The predicted octanol–water partition coefficient (Wildman–Crippen LogP) is -1.52. The molecule has 64 valence electrons. The SMILES string of the molecule is CCCS(=O)(=O)O.O.O.[H-].[H-].[Sr+2]. The third-order valence-corrected chi connectivity index (χ3v) is 1.39. The first-order valence-corrected chi connectivity index (χ1v) is 3.62. The molecule has 0 aromatic heterocycles. The standard InChI is InChI=1S/C3H8O3S.2H2O.Sr.2H/c1-2-3-7(4,5)6;;;;;/h2-3H2,1H3,(H,4,5,6);2*1H2;;;/q;;;+2;2*-1. The van der Waals surface area contributed by atoms with Crippen molar-refractivity contribution in [3.63, 3.8) is 0 Å². The first-order valence-electron chi connectivity index (χ1n) is 2.01. The topological polar surface area (TPSA) is 117 Å². The molecule has 0 saturated heterocycles. The molecule has 5 N–H and O–H groups in total. The Morgan fingerprint density at radius 1 is 1.40 bits per heavy atom. The van der Waals surface area contributed by atoms with Gasteiger partial charge in [0.05, 0.1) is 5.75 Å². The summed E-state index contributed by atoms with van der Waals surface area (Å²) in [5.41, 5.74) is 0. The summed E-state index contributed by atoms with van der Waals surface area (Å²) in [6, 6.07) is 0. The van der Waals surface area contributed by atoms with Gasteiger partial charge in [-0.1, -0.05) is 6.92 Å². The van der Waals surface area contributed by atoms with Gasteiger partial charge in [-0.05, 0) is 6.42 Å². The molecule has 0 atom stereocenters. The molecule has 0 amide bonds. The van der Waals surface area contributed by atoms with Gasteiger partial charge in [-0.25, -0.2) is 0 Å². The van der Waals surface area contributed by atoms with Crippen LogP contribution in [0.4, 0.5) is 0 Å². The molecular formula is C3H14O5SSr. The minimum atomic E-state index is -3.67. The van der Waals surface area contributed by atoms with Crippen molar-refractivity contribution in [2.24, 2.45) is 0 Å². The molecule has 0 bridgehead atoms. The zero-order valence-electron chi connectivity index (χ0n) is 7.79. The average molecular weight is 250 g/mol. The third kappa shape index (κ3) is 22.8. The van der Waals surface area contributed by atoms with E-state index in [2.05, 4.69) is 0 Å². The van der Waals surface area contributed by atoms with E-state index < -0.39 is 10.1 Å². The Hall–Kier alpha value is 1.31. The van der Waals surface area contributed by atoms with Crippen LogP contribution >= 0.6 is 0 Å². The smallest absolute Gasteiger partial charge is 1.00 e. The van der Waals surface area contributed by atoms with Gasteiger partial charge in [0.1, 0.15) is 0 Å². The van der Waals surface area contributed by atoms with Gasteiger partial charge in [-0.15, -0.1) is 0 Å². The Labute approximate surface area is 100 Å². The van der Waals surface area contributed by atoms with Crippen molar-refractivity contribution >= 4 is 55.6 Å². The van der Waals surface area contributed by atoms with E-state index in [1.807, 2.05) is 0 Å². The fraction of sp³-hybridized carbons (Fsp3) is 1.00. The van der Waals surface area contributed by atoms with E-state index in [1.165, 1.54) is 0 Å². The summed E-state index contributed by atoms with van der Waals surface area (Å²) in [4.78, 5) is 0. The fourth-order valence-corrected chi connectivity index (χ4v) is 0.774. The van der Waals surface area contributed by atoms with Gasteiger partial charge in [-0.2, -0.15) is 8.42 Å². The molecule has 0 aromatic carbocycles. The molecule has 0 saturated carbocycles. The van der Waals surface area contributed by atoms with Crippen molar-refractivity contribution < 1.29 is 26.8 Å². The molecule has 0 heterocycles. The van der Waals surface area contributed by atoms with Crippen LogP contribution in [0.2, 0.25) is 0 Å². The molecule has 10 heavy (non-hydrogen) atoms. The summed E-state index contributed by atoms with van der Waals surface area (Å²) in [5, 5.41) is 0. The summed E-state index contributed by atoms with van der Waals surface area (Å²) in [5.74, 6) is -0.132. The van der Waals surface area contributed by atoms with Crippen molar-refractivity contribution in [2.75, 3.05) is 5.75 Å². The summed E-state index contributed by atoms with van der Waals surface area (Å²) >= 11 is 0. The molecule has 0 aromatic rings. The maximum Gasteiger partial charge on any atom is 2.00 e. The molecule has 0 spiro atoms. The quantitative estimate of drug-likeness (QED) is 0.473. The number of hydrogen-bond donors (Lipinski definition) is 1. The van der Waals surface area contributed by atoms with Crippen molar-refractivity contribution in [2.45, 2.75) is 13.3 Å². The van der Waals surface area contributed by atoms with Crippen molar-refractivity contribution in [1.82, 2.24) is 0 Å². The normalized spacial score (nSPS) is 8.20. The van der Waals surface area contributed by atoms with Crippen LogP contribution < -0.4 is 0 Å². The molecule has 0 unspecified atom stereocenters. The molecule has 0 aliphatic rings. The minimum absolute atomic E-state index is 0. The summed E-state index contributed by atoms with van der Waals surface area (Å²) < 4.78 is 27.6. The Bertz CT molecular complexity index is 138. The molecule has 7 heteroatoms. The fourth-order valence-electron chi connectivity index (χ4n) is 0.258. The average Bonchev–Trinajstić information content (AvgIpc) is 1.30. The van der Waals surface area contributed by atoms with E-state index in [-0.39, 0.29) is 65.0 Å². The van der Waals surface area contributed by atoms with Gasteiger partial charge in [0.15, 0.2) is 0 Å². The largest absolute Gasteiger partial charge is 2.00 e. The van der Waals surface area contributed by atoms with E-state index in [4.69, 9.17) is 4.55 Å². The first kappa shape index (κ1) is 22.5. The second-order valence-corrected chi connectivity index (χ2v) is 2.86. The zero-order chi connectivity index (χ0) is 5.91. The molecular weight excluding hydrogens is 236 g/mol. The van der Waals surface area contributed by atoms with Crippen LogP contribution in [0.25, 0.3) is 0 Å². The predicted molar refractivity (Wildman–Crippen MR) is 41.9 cm³/mol. The molecule has 0 radical (unpaired) electrons. The molecule has 0 aliphatic heterocycles. The van der Waals surface area contributed by atoms with Crippen LogP contribution in [0.5, 0.6) is 0 Å². The van der Waals surface area contributed by atoms with Crippen LogP contribution in [0, 0.1) is 0 Å². The number of rotatable bonds is 2. The molecule has 5 nitrogen and oxygen atoms in total. The minimum Gasteiger partial charge on any atom is -1.00 e. The van der Waals surface area contributed by atoms with Crippen LogP contribution in [0.15, 0.2) is 0 Å². The van der Waals surface area contributed by atoms with Crippen LogP contribution in [0.1, 0.15) is 16.2 Å². The molecule has 0 aliphatic carbocycles.